The molecule has 2 aromatic carbocycles. The number of nitrogens with zero attached hydrogens (tertiary/aromatic N) is 5. The van der Waals surface area contributed by atoms with Crippen LogP contribution in [0.2, 0.25) is 0 Å². The van der Waals surface area contributed by atoms with Crippen LogP contribution in [0.15, 0.2) is 69.0 Å². The minimum absolute atomic E-state index is 0.153. The van der Waals surface area contributed by atoms with E-state index in [4.69, 9.17) is 5.73 Å². The molecule has 3 heterocycles. The predicted octanol–water partition coefficient (Wildman–Crippen LogP) is 4.40. The van der Waals surface area contributed by atoms with E-state index in [1.54, 1.807) is 35.8 Å². The van der Waals surface area contributed by atoms with Gasteiger partial charge in [0.05, 0.1) is 24.2 Å². The fourth-order valence-corrected chi connectivity index (χ4v) is 6.03. The van der Waals surface area contributed by atoms with Gasteiger partial charge in [0.2, 0.25) is 0 Å². The smallest absolute Gasteiger partial charge is 0.359 e. The molecule has 0 saturated carbocycles. The van der Waals surface area contributed by atoms with Crippen molar-refractivity contribution in [3.05, 3.63) is 108 Å². The molecule has 1 aliphatic rings. The van der Waals surface area contributed by atoms with Crippen LogP contribution in [0.1, 0.15) is 35.3 Å². The molecular weight excluding hydrogens is 572 g/mol. The second kappa shape index (κ2) is 11.7. The Hall–Kier alpha value is -3.97. The lowest BCUT2D eigenvalue weighted by molar-refractivity contribution is -0.138. The number of hydrogen-bond acceptors (Lipinski definition) is 7. The minimum Gasteiger partial charge on any atom is -0.359 e. The Balaban J connectivity index is 1.63. The van der Waals surface area contributed by atoms with E-state index in [9.17, 15) is 27.2 Å². The maximum atomic E-state index is 14.9. The van der Waals surface area contributed by atoms with Crippen LogP contribution in [0.5, 0.6) is 0 Å². The van der Waals surface area contributed by atoms with Crippen LogP contribution in [0.25, 0.3) is 0 Å². The van der Waals surface area contributed by atoms with Crippen LogP contribution in [0, 0.1) is 12.7 Å². The molecule has 2 atom stereocenters. The third-order valence-electron chi connectivity index (χ3n) is 7.66. The van der Waals surface area contributed by atoms with E-state index >= 15 is 0 Å². The number of hydrogen-bond donors (Lipinski definition) is 1. The van der Waals surface area contributed by atoms with E-state index in [2.05, 4.69) is 9.88 Å². The number of rotatable bonds is 7. The Morgan fingerprint density at radius 3 is 2.45 bits per heavy atom. The lowest BCUT2D eigenvalue weighted by Gasteiger charge is -2.41. The monoisotopic (exact) mass is 602 g/mol. The zero-order valence-electron chi connectivity index (χ0n) is 23.0. The fraction of sp³-hybridized carbons (Fsp3) is 0.345. The summed E-state index contributed by atoms with van der Waals surface area (Å²) in [5.74, 6) is -0.277. The van der Waals surface area contributed by atoms with E-state index in [0.29, 0.717) is 25.2 Å². The highest BCUT2D eigenvalue weighted by molar-refractivity contribution is 7.07. The van der Waals surface area contributed by atoms with Gasteiger partial charge in [0, 0.05) is 48.4 Å². The number of thiazole rings is 1. The largest absolute Gasteiger partial charge is 0.416 e. The van der Waals surface area contributed by atoms with Crippen LogP contribution in [-0.2, 0) is 19.3 Å². The van der Waals surface area contributed by atoms with Crippen molar-refractivity contribution in [2.45, 2.75) is 45.2 Å². The van der Waals surface area contributed by atoms with Gasteiger partial charge in [-0.05, 0) is 31.5 Å². The molecule has 2 aromatic heterocycles. The summed E-state index contributed by atoms with van der Waals surface area (Å²) in [6, 6.07) is 10.6. The Kier molecular flexibility index (Phi) is 8.24. The van der Waals surface area contributed by atoms with E-state index in [-0.39, 0.29) is 24.0 Å². The van der Waals surface area contributed by atoms with Gasteiger partial charge in [0.15, 0.2) is 0 Å². The van der Waals surface area contributed by atoms with Crippen LogP contribution in [-0.4, -0.2) is 39.8 Å². The Morgan fingerprint density at radius 2 is 1.81 bits per heavy atom. The van der Waals surface area contributed by atoms with Crippen molar-refractivity contribution in [2.24, 2.45) is 5.73 Å². The molecule has 0 aliphatic carbocycles. The van der Waals surface area contributed by atoms with Crippen molar-refractivity contribution >= 4 is 22.8 Å². The summed E-state index contributed by atoms with van der Waals surface area (Å²) < 4.78 is 58.5. The summed E-state index contributed by atoms with van der Waals surface area (Å²) in [4.78, 5) is 36.1. The molecule has 2 unspecified atom stereocenters. The number of anilines is 2. The molecule has 0 bridgehead atoms. The molecule has 42 heavy (non-hydrogen) atoms. The summed E-state index contributed by atoms with van der Waals surface area (Å²) in [6.07, 6.45) is -4.84. The third-order valence-corrected chi connectivity index (χ3v) is 8.24. The molecule has 0 radical (unpaired) electrons. The van der Waals surface area contributed by atoms with Gasteiger partial charge in [0.1, 0.15) is 17.3 Å². The van der Waals surface area contributed by atoms with E-state index in [1.165, 1.54) is 18.3 Å². The fourth-order valence-electron chi connectivity index (χ4n) is 5.47. The highest BCUT2D eigenvalue weighted by atomic mass is 32.1. The average molecular weight is 603 g/mol. The van der Waals surface area contributed by atoms with Gasteiger partial charge < -0.3 is 15.5 Å². The molecule has 8 nitrogen and oxygen atoms in total. The van der Waals surface area contributed by atoms with Crippen molar-refractivity contribution in [3.63, 3.8) is 0 Å². The third kappa shape index (κ3) is 5.71. The van der Waals surface area contributed by atoms with Crippen LogP contribution < -0.4 is 26.8 Å². The highest BCUT2D eigenvalue weighted by Crippen LogP contribution is 2.34. The first kappa shape index (κ1) is 29.5. The van der Waals surface area contributed by atoms with Gasteiger partial charge >= 0.3 is 11.9 Å². The van der Waals surface area contributed by atoms with E-state index < -0.39 is 47.0 Å². The van der Waals surface area contributed by atoms with Gasteiger partial charge in [-0.3, -0.25) is 13.9 Å². The summed E-state index contributed by atoms with van der Waals surface area (Å²) in [5, 5.41) is 1.93. The number of benzene rings is 2. The van der Waals surface area contributed by atoms with E-state index in [0.717, 1.165) is 33.2 Å². The van der Waals surface area contributed by atoms with Gasteiger partial charge in [0.25, 0.3) is 5.56 Å². The maximum absolute atomic E-state index is 14.9. The minimum atomic E-state index is -4.84. The number of piperazine rings is 1. The second-order valence-electron chi connectivity index (χ2n) is 10.3. The van der Waals surface area contributed by atoms with Gasteiger partial charge in [-0.1, -0.05) is 36.4 Å². The Bertz CT molecular complexity index is 1670. The zero-order chi connectivity index (χ0) is 30.2. The molecule has 1 saturated heterocycles. The molecule has 0 amide bonds. The molecule has 1 fully saturated rings. The Morgan fingerprint density at radius 1 is 1.07 bits per heavy atom. The number of nitrogens with two attached hydrogens (primary N) is 1. The lowest BCUT2D eigenvalue weighted by Crippen LogP contribution is -2.56. The molecule has 13 heteroatoms. The quantitative estimate of drug-likeness (QED) is 0.316. The summed E-state index contributed by atoms with van der Waals surface area (Å²) >= 11 is 1.47. The molecule has 5 rings (SSSR count). The van der Waals surface area contributed by atoms with Crippen molar-refractivity contribution < 1.29 is 17.6 Å². The van der Waals surface area contributed by atoms with Crippen molar-refractivity contribution in [1.82, 2.24) is 14.1 Å². The topological polar surface area (TPSA) is 89.4 Å². The first-order valence-corrected chi connectivity index (χ1v) is 14.3. The van der Waals surface area contributed by atoms with Crippen LogP contribution in [0.4, 0.5) is 29.1 Å². The Labute approximate surface area is 243 Å². The highest BCUT2D eigenvalue weighted by Gasteiger charge is 2.36. The van der Waals surface area contributed by atoms with Gasteiger partial charge in [-0.2, -0.15) is 13.2 Å². The van der Waals surface area contributed by atoms with Crippen LogP contribution >= 0.6 is 11.3 Å². The molecule has 4 aromatic rings. The summed E-state index contributed by atoms with van der Waals surface area (Å²) in [7, 11) is 0. The zero-order valence-corrected chi connectivity index (χ0v) is 23.8. The standard InChI is InChI=1S/C29H30F4N6O2S/c1-18-13-36(25-16-42-17-35-25)11-12-37(18)26-19(2)38(14-21-22(29(31,32)33)9-6-10-23(21)30)28(41)39(27(26)40)15-24(34)20-7-4-3-5-8-20/h3-10,16-18,24H,11-15,34H2,1-2H3. The van der Waals surface area contributed by atoms with Crippen molar-refractivity contribution in [3.8, 4) is 0 Å². The van der Waals surface area contributed by atoms with Crippen molar-refractivity contribution in [2.75, 3.05) is 29.4 Å². The van der Waals surface area contributed by atoms with E-state index in [1.807, 2.05) is 17.2 Å². The number of alkyl halides is 3. The molecule has 222 valence electrons. The molecule has 2 N–H and O–H groups in total. The first-order valence-electron chi connectivity index (χ1n) is 13.4. The molecular formula is C29H30F4N6O2S. The van der Waals surface area contributed by atoms with Gasteiger partial charge in [-0.25, -0.2) is 14.2 Å². The number of aromatic nitrogens is 3. The molecule has 1 aliphatic heterocycles. The lowest BCUT2D eigenvalue weighted by atomic mass is 10.1. The van der Waals surface area contributed by atoms with Crippen LogP contribution in [0.3, 0.4) is 0 Å². The molecule has 0 spiro atoms. The number of halogens is 4. The predicted molar refractivity (Wildman–Crippen MR) is 155 cm³/mol. The second-order valence-corrected chi connectivity index (χ2v) is 11.1. The van der Waals surface area contributed by atoms with Crippen molar-refractivity contribution in [1.29, 1.82) is 0 Å². The first-order chi connectivity index (χ1) is 20.0. The summed E-state index contributed by atoms with van der Waals surface area (Å²) in [5.41, 5.74) is 5.81. The SMILES string of the molecule is Cc1c(N2CCN(c3cscn3)CC2C)c(=O)n(CC(N)c2ccccc2)c(=O)n1Cc1c(F)cccc1C(F)(F)F. The summed E-state index contributed by atoms with van der Waals surface area (Å²) in [6.45, 7) is 3.95. The average Bonchev–Trinajstić information content (AvgIpc) is 3.50. The maximum Gasteiger partial charge on any atom is 0.416 e. The van der Waals surface area contributed by atoms with Gasteiger partial charge in [-0.15, -0.1) is 11.3 Å². The normalized spacial score (nSPS) is 16.6.